The van der Waals surface area contributed by atoms with E-state index in [1.165, 1.54) is 10.5 Å². The van der Waals surface area contributed by atoms with Crippen molar-refractivity contribution in [1.29, 1.82) is 0 Å². The Morgan fingerprint density at radius 3 is 2.95 bits per heavy atom. The second-order valence-electron chi connectivity index (χ2n) is 5.15. The minimum absolute atomic E-state index is 0.451. The maximum Gasteiger partial charge on any atom is 0.122 e. The van der Waals surface area contributed by atoms with Crippen molar-refractivity contribution in [1.82, 2.24) is 0 Å². The Labute approximate surface area is 134 Å². The first-order valence-corrected chi connectivity index (χ1v) is 8.47. The highest BCUT2D eigenvalue weighted by molar-refractivity contribution is 7.99. The van der Waals surface area contributed by atoms with Crippen LogP contribution in [0.4, 0.5) is 0 Å². The molecule has 0 bridgehead atoms. The Balaban J connectivity index is 1.71. The van der Waals surface area contributed by atoms with E-state index in [1.54, 1.807) is 0 Å². The van der Waals surface area contributed by atoms with Gasteiger partial charge in [-0.2, -0.15) is 0 Å². The summed E-state index contributed by atoms with van der Waals surface area (Å²) in [5.41, 5.74) is 8.15. The first-order valence-electron chi connectivity index (χ1n) is 7.11. The number of thioether (sulfide) groups is 1. The normalized spacial score (nSPS) is 16.8. The zero-order chi connectivity index (χ0) is 14.7. The molecule has 0 amide bonds. The molecule has 1 atom stereocenters. The summed E-state index contributed by atoms with van der Waals surface area (Å²) in [6.45, 7) is 1.29. The molecule has 0 saturated heterocycles. The third kappa shape index (κ3) is 3.37. The van der Waals surface area contributed by atoms with Gasteiger partial charge in [0.05, 0.1) is 6.61 Å². The quantitative estimate of drug-likeness (QED) is 0.900. The van der Waals surface area contributed by atoms with Gasteiger partial charge in [0.2, 0.25) is 0 Å². The molecule has 1 heterocycles. The monoisotopic (exact) mass is 319 g/mol. The average Bonchev–Trinajstić information content (AvgIpc) is 2.90. The van der Waals surface area contributed by atoms with Gasteiger partial charge in [-0.1, -0.05) is 29.8 Å². The van der Waals surface area contributed by atoms with Gasteiger partial charge >= 0.3 is 0 Å². The molecule has 2 N–H and O–H groups in total. The Hall–Kier alpha value is -1.16. The van der Waals surface area contributed by atoms with E-state index in [0.29, 0.717) is 19.1 Å². The van der Waals surface area contributed by atoms with Crippen molar-refractivity contribution in [2.45, 2.75) is 17.2 Å². The van der Waals surface area contributed by atoms with E-state index in [1.807, 2.05) is 30.0 Å². The fraction of sp³-hybridized carbons (Fsp3) is 0.294. The topological polar surface area (TPSA) is 35.2 Å². The van der Waals surface area contributed by atoms with Gasteiger partial charge in [-0.05, 0) is 48.4 Å². The lowest BCUT2D eigenvalue weighted by molar-refractivity contribution is 0.295. The van der Waals surface area contributed by atoms with Crippen LogP contribution >= 0.6 is 23.4 Å². The highest BCUT2D eigenvalue weighted by Gasteiger charge is 2.23. The van der Waals surface area contributed by atoms with Gasteiger partial charge in [-0.3, -0.25) is 0 Å². The summed E-state index contributed by atoms with van der Waals surface area (Å²) in [5, 5.41) is 0.729. The van der Waals surface area contributed by atoms with Crippen molar-refractivity contribution in [2.75, 3.05) is 18.9 Å². The van der Waals surface area contributed by atoms with Crippen LogP contribution in [-0.4, -0.2) is 18.9 Å². The number of ether oxygens (including phenoxy) is 1. The zero-order valence-electron chi connectivity index (χ0n) is 11.7. The maximum atomic E-state index is 6.06. The van der Waals surface area contributed by atoms with E-state index in [4.69, 9.17) is 22.1 Å². The van der Waals surface area contributed by atoms with Crippen LogP contribution in [0.2, 0.25) is 5.02 Å². The molecule has 0 radical (unpaired) electrons. The lowest BCUT2D eigenvalue weighted by Gasteiger charge is -2.15. The fourth-order valence-electron chi connectivity index (χ4n) is 2.60. The molecule has 1 aliphatic rings. The summed E-state index contributed by atoms with van der Waals surface area (Å²) in [6.07, 6.45) is 0.784. The van der Waals surface area contributed by atoms with Crippen LogP contribution in [0.1, 0.15) is 17.0 Å². The van der Waals surface area contributed by atoms with Crippen molar-refractivity contribution in [3.63, 3.8) is 0 Å². The van der Waals surface area contributed by atoms with E-state index in [0.717, 1.165) is 28.5 Å². The van der Waals surface area contributed by atoms with Gasteiger partial charge in [0.25, 0.3) is 0 Å². The summed E-state index contributed by atoms with van der Waals surface area (Å²) in [7, 11) is 0. The van der Waals surface area contributed by atoms with Crippen molar-refractivity contribution in [3.05, 3.63) is 58.6 Å². The van der Waals surface area contributed by atoms with Crippen molar-refractivity contribution in [2.24, 2.45) is 5.73 Å². The van der Waals surface area contributed by atoms with Gasteiger partial charge in [0.1, 0.15) is 5.75 Å². The van der Waals surface area contributed by atoms with Crippen LogP contribution in [0.3, 0.4) is 0 Å². The molecule has 1 aliphatic heterocycles. The number of nitrogens with two attached hydrogens (primary N) is 1. The Kier molecular flexibility index (Phi) is 4.73. The second-order valence-corrected chi connectivity index (χ2v) is 6.65. The predicted molar refractivity (Wildman–Crippen MR) is 89.6 cm³/mol. The largest absolute Gasteiger partial charge is 0.493 e. The molecular formula is C17H18ClNOS. The van der Waals surface area contributed by atoms with E-state index >= 15 is 0 Å². The maximum absolute atomic E-state index is 6.06. The fourth-order valence-corrected chi connectivity index (χ4v) is 4.02. The molecule has 2 aromatic rings. The number of benzene rings is 2. The average molecular weight is 320 g/mol. The molecule has 0 aliphatic carbocycles. The predicted octanol–water partition coefficient (Wildman–Crippen LogP) is 4.11. The first kappa shape index (κ1) is 14.8. The Bertz CT molecular complexity index is 632. The van der Waals surface area contributed by atoms with Crippen LogP contribution in [0.25, 0.3) is 0 Å². The summed E-state index contributed by atoms with van der Waals surface area (Å²) in [5.74, 6) is 2.44. The summed E-state index contributed by atoms with van der Waals surface area (Å²) in [6, 6.07) is 14.3. The standard InChI is InChI=1S/C17H18ClNOS/c18-14-5-6-16(12(9-14)7-8-19)20-10-13-11-21-17-4-2-1-3-15(13)17/h1-6,9,13H,7-8,10-11,19H2. The van der Waals surface area contributed by atoms with Crippen LogP contribution < -0.4 is 10.5 Å². The molecule has 0 fully saturated rings. The molecule has 2 aromatic carbocycles. The summed E-state index contributed by atoms with van der Waals surface area (Å²) in [4.78, 5) is 1.38. The van der Waals surface area contributed by atoms with Crippen LogP contribution in [0.15, 0.2) is 47.4 Å². The molecule has 0 aromatic heterocycles. The van der Waals surface area contributed by atoms with E-state index in [9.17, 15) is 0 Å². The van der Waals surface area contributed by atoms with Gasteiger partial charge < -0.3 is 10.5 Å². The molecule has 0 spiro atoms. The Morgan fingerprint density at radius 2 is 2.10 bits per heavy atom. The van der Waals surface area contributed by atoms with E-state index in [-0.39, 0.29) is 0 Å². The molecule has 2 nitrogen and oxygen atoms in total. The van der Waals surface area contributed by atoms with Gasteiger partial charge in [-0.25, -0.2) is 0 Å². The van der Waals surface area contributed by atoms with Crippen LogP contribution in [-0.2, 0) is 6.42 Å². The van der Waals surface area contributed by atoms with E-state index in [2.05, 4.69) is 24.3 Å². The number of hydrogen-bond acceptors (Lipinski definition) is 3. The van der Waals surface area contributed by atoms with Gasteiger partial charge in [0.15, 0.2) is 0 Å². The molecule has 0 saturated carbocycles. The molecular weight excluding hydrogens is 302 g/mol. The van der Waals surface area contributed by atoms with Crippen LogP contribution in [0, 0.1) is 0 Å². The minimum atomic E-state index is 0.451. The molecule has 4 heteroatoms. The molecule has 3 rings (SSSR count). The highest BCUT2D eigenvalue weighted by Crippen LogP contribution is 2.39. The number of halogens is 1. The number of rotatable bonds is 5. The lowest BCUT2D eigenvalue weighted by atomic mass is 10.0. The molecule has 21 heavy (non-hydrogen) atoms. The summed E-state index contributed by atoms with van der Waals surface area (Å²) < 4.78 is 6.06. The van der Waals surface area contributed by atoms with Crippen molar-refractivity contribution < 1.29 is 4.74 Å². The summed E-state index contributed by atoms with van der Waals surface area (Å²) >= 11 is 7.95. The van der Waals surface area contributed by atoms with Crippen molar-refractivity contribution >= 4 is 23.4 Å². The van der Waals surface area contributed by atoms with Crippen molar-refractivity contribution in [3.8, 4) is 5.75 Å². The van der Waals surface area contributed by atoms with Gasteiger partial charge in [-0.15, -0.1) is 11.8 Å². The highest BCUT2D eigenvalue weighted by atomic mass is 35.5. The Morgan fingerprint density at radius 1 is 1.24 bits per heavy atom. The third-order valence-corrected chi connectivity index (χ3v) is 5.16. The van der Waals surface area contributed by atoms with Gasteiger partial charge in [0, 0.05) is 21.6 Å². The molecule has 110 valence electrons. The first-order chi connectivity index (χ1) is 10.3. The SMILES string of the molecule is NCCc1cc(Cl)ccc1OCC1CSc2ccccc21. The lowest BCUT2D eigenvalue weighted by Crippen LogP contribution is -2.12. The number of hydrogen-bond donors (Lipinski definition) is 1. The number of fused-ring (bicyclic) bond motifs is 1. The smallest absolute Gasteiger partial charge is 0.122 e. The zero-order valence-corrected chi connectivity index (χ0v) is 13.3. The molecule has 1 unspecified atom stereocenters. The second kappa shape index (κ2) is 6.73. The minimum Gasteiger partial charge on any atom is -0.493 e. The van der Waals surface area contributed by atoms with E-state index < -0.39 is 0 Å². The third-order valence-electron chi connectivity index (χ3n) is 3.68. The van der Waals surface area contributed by atoms with Crippen LogP contribution in [0.5, 0.6) is 5.75 Å².